The number of phenolic OH excluding ortho intramolecular Hbond substituents is 2. The Morgan fingerprint density at radius 1 is 0.808 bits per heavy atom. The number of aromatic hydroxyl groups is 2. The van der Waals surface area contributed by atoms with Crippen molar-refractivity contribution in [2.24, 2.45) is 0 Å². The topological polar surface area (TPSA) is 76.0 Å². The molecule has 0 aliphatic heterocycles. The van der Waals surface area contributed by atoms with Crippen LogP contribution in [0.15, 0.2) is 42.5 Å². The molecule has 0 heterocycles. The summed E-state index contributed by atoms with van der Waals surface area (Å²) >= 11 is 0. The molecule has 0 atom stereocenters. The van der Waals surface area contributed by atoms with E-state index in [0.717, 1.165) is 11.1 Å². The molecule has 2 N–H and O–H groups in total. The van der Waals surface area contributed by atoms with Gasteiger partial charge in [0.05, 0.1) is 17.5 Å². The lowest BCUT2D eigenvalue weighted by atomic mass is 10.1. The van der Waals surface area contributed by atoms with Crippen molar-refractivity contribution in [1.82, 2.24) is 0 Å². The van der Waals surface area contributed by atoms with Crippen molar-refractivity contribution in [1.29, 1.82) is 0 Å². The summed E-state index contributed by atoms with van der Waals surface area (Å²) in [4.78, 5) is 0. The molecule has 0 saturated carbocycles. The van der Waals surface area contributed by atoms with Gasteiger partial charge in [-0.3, -0.25) is 4.57 Å². The molecule has 0 aromatic heterocycles. The first-order chi connectivity index (χ1) is 12.2. The van der Waals surface area contributed by atoms with Crippen molar-refractivity contribution in [2.75, 3.05) is 0 Å². The van der Waals surface area contributed by atoms with Crippen LogP contribution in [0, 0.1) is 0 Å². The Hall–Kier alpha value is -2.07. The number of hydrogen-bond acceptors (Lipinski definition) is 5. The zero-order chi connectivity index (χ0) is 19.3. The van der Waals surface area contributed by atoms with Crippen LogP contribution >= 0.6 is 7.60 Å². The molecule has 0 saturated heterocycles. The van der Waals surface area contributed by atoms with Gasteiger partial charge in [-0.05, 0) is 63.1 Å². The second-order valence-electron chi connectivity index (χ2n) is 6.48. The van der Waals surface area contributed by atoms with E-state index in [9.17, 15) is 14.8 Å². The van der Waals surface area contributed by atoms with Crippen LogP contribution in [0.5, 0.6) is 11.5 Å². The highest BCUT2D eigenvalue weighted by atomic mass is 31.2. The van der Waals surface area contributed by atoms with Gasteiger partial charge in [0.15, 0.2) is 11.5 Å². The van der Waals surface area contributed by atoms with E-state index in [0.29, 0.717) is 5.30 Å². The molecule has 0 unspecified atom stereocenters. The number of phenols is 2. The van der Waals surface area contributed by atoms with Gasteiger partial charge >= 0.3 is 7.60 Å². The highest BCUT2D eigenvalue weighted by molar-refractivity contribution is 7.62. The lowest BCUT2D eigenvalue weighted by molar-refractivity contribution is 0.150. The zero-order valence-electron chi connectivity index (χ0n) is 15.4. The predicted molar refractivity (Wildman–Crippen MR) is 105 cm³/mol. The molecule has 2 aromatic carbocycles. The average Bonchev–Trinajstić information content (AvgIpc) is 2.55. The van der Waals surface area contributed by atoms with Crippen molar-refractivity contribution in [2.45, 2.75) is 39.9 Å². The molecule has 5 nitrogen and oxygen atoms in total. The van der Waals surface area contributed by atoms with Crippen molar-refractivity contribution in [3.8, 4) is 11.5 Å². The maximum atomic E-state index is 13.1. The van der Waals surface area contributed by atoms with Crippen LogP contribution in [0.1, 0.15) is 38.8 Å². The second kappa shape index (κ2) is 8.54. The van der Waals surface area contributed by atoms with Gasteiger partial charge in [0.2, 0.25) is 0 Å². The standard InChI is InChI=1S/C20H25O5P/c1-14(2)24-26(23,25-15(3)4)18-10-7-16(8-11-18)5-6-17-9-12-19(21)20(22)13-17/h5-15,21-22H,1-4H3/b6-5+. The fraction of sp³-hybridized carbons (Fsp3) is 0.300. The fourth-order valence-corrected chi connectivity index (χ4v) is 4.22. The summed E-state index contributed by atoms with van der Waals surface area (Å²) in [6, 6.07) is 11.7. The summed E-state index contributed by atoms with van der Waals surface area (Å²) in [5.74, 6) is -0.322. The summed E-state index contributed by atoms with van der Waals surface area (Å²) in [6.45, 7) is 7.28. The third-order valence-corrected chi connectivity index (χ3v) is 5.71. The lowest BCUT2D eigenvalue weighted by Crippen LogP contribution is -2.16. The number of hydrogen-bond donors (Lipinski definition) is 2. The number of benzene rings is 2. The Labute approximate surface area is 154 Å². The zero-order valence-corrected chi connectivity index (χ0v) is 16.3. The van der Waals surface area contributed by atoms with E-state index in [1.165, 1.54) is 12.1 Å². The van der Waals surface area contributed by atoms with Crippen molar-refractivity contribution in [3.05, 3.63) is 53.6 Å². The van der Waals surface area contributed by atoms with E-state index >= 15 is 0 Å². The SMILES string of the molecule is CC(C)OP(=O)(OC(C)C)c1ccc(/C=C/c2ccc(O)c(O)c2)cc1. The molecule has 2 rings (SSSR count). The first-order valence-electron chi connectivity index (χ1n) is 8.47. The molecule has 0 fully saturated rings. The normalized spacial score (nSPS) is 12.4. The lowest BCUT2D eigenvalue weighted by Gasteiger charge is -2.23. The smallest absolute Gasteiger partial charge is 0.361 e. The minimum absolute atomic E-state index is 0.155. The molecule has 0 spiro atoms. The van der Waals surface area contributed by atoms with E-state index < -0.39 is 7.60 Å². The van der Waals surface area contributed by atoms with Gasteiger partial charge in [0.25, 0.3) is 0 Å². The van der Waals surface area contributed by atoms with E-state index in [1.807, 2.05) is 52.0 Å². The number of rotatable bonds is 7. The molecule has 0 bridgehead atoms. The van der Waals surface area contributed by atoms with Crippen molar-refractivity contribution >= 4 is 25.1 Å². The van der Waals surface area contributed by atoms with Crippen LogP contribution in [0.2, 0.25) is 0 Å². The average molecular weight is 376 g/mol. The van der Waals surface area contributed by atoms with Gasteiger partial charge < -0.3 is 19.3 Å². The summed E-state index contributed by atoms with van der Waals surface area (Å²) in [5, 5.41) is 19.4. The third kappa shape index (κ3) is 5.46. The first-order valence-corrected chi connectivity index (χ1v) is 10.0. The quantitative estimate of drug-likeness (QED) is 0.407. The summed E-state index contributed by atoms with van der Waals surface area (Å²) in [7, 11) is -3.38. The summed E-state index contributed by atoms with van der Waals surface area (Å²) < 4.78 is 24.3. The maximum Gasteiger partial charge on any atom is 0.361 e. The second-order valence-corrected chi connectivity index (χ2v) is 8.41. The van der Waals surface area contributed by atoms with Crippen LogP contribution in [-0.2, 0) is 13.6 Å². The fourth-order valence-electron chi connectivity index (χ4n) is 2.31. The van der Waals surface area contributed by atoms with Crippen LogP contribution in [0.4, 0.5) is 0 Å². The van der Waals surface area contributed by atoms with Gasteiger partial charge in [-0.25, -0.2) is 0 Å². The Bertz CT molecular complexity index is 795. The molecule has 0 aliphatic rings. The third-order valence-electron chi connectivity index (χ3n) is 3.38. The largest absolute Gasteiger partial charge is 0.504 e. The van der Waals surface area contributed by atoms with Gasteiger partial charge in [-0.15, -0.1) is 0 Å². The van der Waals surface area contributed by atoms with E-state index in [-0.39, 0.29) is 23.7 Å². The molecule has 0 radical (unpaired) electrons. The van der Waals surface area contributed by atoms with Crippen LogP contribution in [0.3, 0.4) is 0 Å². The Balaban J connectivity index is 2.21. The van der Waals surface area contributed by atoms with Crippen LogP contribution in [-0.4, -0.2) is 22.4 Å². The van der Waals surface area contributed by atoms with Gasteiger partial charge in [0.1, 0.15) is 0 Å². The van der Waals surface area contributed by atoms with Crippen LogP contribution < -0.4 is 5.30 Å². The molecular formula is C20H25O5P. The summed E-state index contributed by atoms with van der Waals surface area (Å²) in [6.07, 6.45) is 3.22. The van der Waals surface area contributed by atoms with Crippen LogP contribution in [0.25, 0.3) is 12.2 Å². The minimum atomic E-state index is -3.38. The first kappa shape index (κ1) is 20.2. The molecule has 0 amide bonds. The molecule has 2 aromatic rings. The van der Waals surface area contributed by atoms with E-state index in [4.69, 9.17) is 9.05 Å². The van der Waals surface area contributed by atoms with E-state index in [1.54, 1.807) is 18.2 Å². The van der Waals surface area contributed by atoms with E-state index in [2.05, 4.69) is 0 Å². The van der Waals surface area contributed by atoms with Crippen molar-refractivity contribution < 1.29 is 23.8 Å². The minimum Gasteiger partial charge on any atom is -0.504 e. The van der Waals surface area contributed by atoms with Gasteiger partial charge in [0, 0.05) is 0 Å². The molecule has 0 aliphatic carbocycles. The monoisotopic (exact) mass is 376 g/mol. The maximum absolute atomic E-state index is 13.1. The summed E-state index contributed by atoms with van der Waals surface area (Å²) in [5.41, 5.74) is 1.64. The van der Waals surface area contributed by atoms with Gasteiger partial charge in [-0.2, -0.15) is 0 Å². The highest BCUT2D eigenvalue weighted by Gasteiger charge is 2.30. The molecule has 140 valence electrons. The van der Waals surface area contributed by atoms with Gasteiger partial charge in [-0.1, -0.05) is 30.4 Å². The van der Waals surface area contributed by atoms with Crippen molar-refractivity contribution in [3.63, 3.8) is 0 Å². The Kier molecular flexibility index (Phi) is 6.65. The molecule has 26 heavy (non-hydrogen) atoms. The highest BCUT2D eigenvalue weighted by Crippen LogP contribution is 2.49. The molecule has 6 heteroatoms. The predicted octanol–water partition coefficient (Wildman–Crippen LogP) is 4.94. The Morgan fingerprint density at radius 3 is 1.81 bits per heavy atom. The Morgan fingerprint density at radius 2 is 1.31 bits per heavy atom. The molecular weight excluding hydrogens is 351 g/mol.